The van der Waals surface area contributed by atoms with E-state index in [1.54, 1.807) is 18.3 Å². The molecule has 1 aromatic heterocycles. The third kappa shape index (κ3) is 5.57. The first-order valence-corrected chi connectivity index (χ1v) is 7.80. The molecule has 120 valence electrons. The van der Waals surface area contributed by atoms with Crippen LogP contribution in [0.5, 0.6) is 0 Å². The molecule has 3 N–H and O–H groups in total. The Bertz CT molecular complexity index is 695. The Morgan fingerprint density at radius 1 is 1.30 bits per heavy atom. The Morgan fingerprint density at radius 3 is 2.57 bits per heavy atom. The lowest BCUT2D eigenvalue weighted by atomic mass is 10.0. The average molecular weight is 398 g/mol. The van der Waals surface area contributed by atoms with Crippen molar-refractivity contribution >= 4 is 45.0 Å². The van der Waals surface area contributed by atoms with Gasteiger partial charge in [-0.1, -0.05) is 12.1 Å². The minimum absolute atomic E-state index is 0.193. The van der Waals surface area contributed by atoms with Gasteiger partial charge < -0.3 is 15.7 Å². The number of hydrogen-bond acceptors (Lipinski definition) is 3. The van der Waals surface area contributed by atoms with Gasteiger partial charge in [0.25, 0.3) is 0 Å². The Morgan fingerprint density at radius 2 is 2.00 bits per heavy atom. The molecule has 0 bridgehead atoms. The molecule has 0 spiro atoms. The maximum absolute atomic E-state index is 13.0. The van der Waals surface area contributed by atoms with E-state index in [-0.39, 0.29) is 17.4 Å². The molecule has 0 fully saturated rings. The molecule has 0 saturated carbocycles. The standard InChI is InChI=1S/C15H13BrFN3O2S/c16-10-3-6-13(18-8-10)20-15(23)19-12(7-14(21)22)9-1-4-11(17)5-2-9/h1-6,8,12H,7H2,(H,21,22)(H2,18,19,20,23). The maximum Gasteiger partial charge on any atom is 0.305 e. The van der Waals surface area contributed by atoms with E-state index in [2.05, 4.69) is 31.5 Å². The molecule has 1 aromatic carbocycles. The second-order valence-electron chi connectivity index (χ2n) is 4.66. The molecule has 0 amide bonds. The van der Waals surface area contributed by atoms with E-state index in [0.717, 1.165) is 4.47 Å². The van der Waals surface area contributed by atoms with Gasteiger partial charge in [0.05, 0.1) is 12.5 Å². The number of aliphatic carboxylic acids is 1. The largest absolute Gasteiger partial charge is 0.481 e. The van der Waals surface area contributed by atoms with Crippen molar-refractivity contribution in [2.45, 2.75) is 12.5 Å². The van der Waals surface area contributed by atoms with Crippen molar-refractivity contribution in [1.82, 2.24) is 10.3 Å². The summed E-state index contributed by atoms with van der Waals surface area (Å²) in [6.07, 6.45) is 1.42. The number of carbonyl (C=O) groups is 1. The lowest BCUT2D eigenvalue weighted by molar-refractivity contribution is -0.137. The third-order valence-electron chi connectivity index (χ3n) is 2.93. The second-order valence-corrected chi connectivity index (χ2v) is 5.99. The number of halogens is 2. The number of nitrogens with zero attached hydrogens (tertiary/aromatic N) is 1. The van der Waals surface area contributed by atoms with E-state index in [1.807, 2.05) is 0 Å². The molecule has 1 unspecified atom stereocenters. The van der Waals surface area contributed by atoms with Crippen molar-refractivity contribution < 1.29 is 14.3 Å². The van der Waals surface area contributed by atoms with Crippen LogP contribution < -0.4 is 10.6 Å². The molecule has 2 rings (SSSR count). The number of thiocarbonyl (C=S) groups is 1. The maximum atomic E-state index is 13.0. The number of carboxylic acid groups (broad SMARTS) is 1. The first-order valence-electron chi connectivity index (χ1n) is 6.60. The molecular weight excluding hydrogens is 385 g/mol. The molecular formula is C15H13BrFN3O2S. The fraction of sp³-hybridized carbons (Fsp3) is 0.133. The normalized spacial score (nSPS) is 11.6. The summed E-state index contributed by atoms with van der Waals surface area (Å²) in [5.74, 6) is -0.849. The lowest BCUT2D eigenvalue weighted by Gasteiger charge is -2.19. The predicted molar refractivity (Wildman–Crippen MR) is 92.7 cm³/mol. The van der Waals surface area contributed by atoms with Gasteiger partial charge in [-0.25, -0.2) is 9.37 Å². The number of benzene rings is 1. The van der Waals surface area contributed by atoms with Crippen molar-refractivity contribution in [2.75, 3.05) is 5.32 Å². The van der Waals surface area contributed by atoms with Gasteiger partial charge in [-0.05, 0) is 58.0 Å². The molecule has 1 atom stereocenters. The van der Waals surface area contributed by atoms with Gasteiger partial charge in [0.2, 0.25) is 0 Å². The summed E-state index contributed by atoms with van der Waals surface area (Å²) in [7, 11) is 0. The smallest absolute Gasteiger partial charge is 0.305 e. The summed E-state index contributed by atoms with van der Waals surface area (Å²) in [5, 5.41) is 15.1. The number of anilines is 1. The Kier molecular flexibility index (Phi) is 6.00. The van der Waals surface area contributed by atoms with Crippen LogP contribution in [-0.2, 0) is 4.79 Å². The summed E-state index contributed by atoms with van der Waals surface area (Å²) >= 11 is 8.46. The zero-order valence-corrected chi connectivity index (χ0v) is 14.2. The topological polar surface area (TPSA) is 74.2 Å². The van der Waals surface area contributed by atoms with Crippen LogP contribution in [0.25, 0.3) is 0 Å². The number of hydrogen-bond donors (Lipinski definition) is 3. The van der Waals surface area contributed by atoms with E-state index in [1.165, 1.54) is 24.3 Å². The van der Waals surface area contributed by atoms with Crippen LogP contribution in [0, 0.1) is 5.82 Å². The van der Waals surface area contributed by atoms with Crippen molar-refractivity contribution in [3.63, 3.8) is 0 Å². The minimum atomic E-state index is -0.989. The minimum Gasteiger partial charge on any atom is -0.481 e. The van der Waals surface area contributed by atoms with E-state index in [4.69, 9.17) is 17.3 Å². The van der Waals surface area contributed by atoms with Crippen molar-refractivity contribution in [1.29, 1.82) is 0 Å². The van der Waals surface area contributed by atoms with Crippen LogP contribution in [0.4, 0.5) is 10.2 Å². The van der Waals surface area contributed by atoms with Crippen LogP contribution >= 0.6 is 28.1 Å². The van der Waals surface area contributed by atoms with E-state index in [9.17, 15) is 9.18 Å². The van der Waals surface area contributed by atoms with Gasteiger partial charge in [-0.3, -0.25) is 4.79 Å². The number of nitrogens with one attached hydrogen (secondary N) is 2. The zero-order chi connectivity index (χ0) is 16.8. The van der Waals surface area contributed by atoms with Crippen LogP contribution in [0.2, 0.25) is 0 Å². The summed E-state index contributed by atoms with van der Waals surface area (Å²) in [6.45, 7) is 0. The molecule has 0 radical (unpaired) electrons. The highest BCUT2D eigenvalue weighted by Crippen LogP contribution is 2.18. The van der Waals surface area contributed by atoms with E-state index in [0.29, 0.717) is 11.4 Å². The van der Waals surface area contributed by atoms with E-state index < -0.39 is 12.0 Å². The van der Waals surface area contributed by atoms with E-state index >= 15 is 0 Å². The highest BCUT2D eigenvalue weighted by atomic mass is 79.9. The quantitative estimate of drug-likeness (QED) is 0.670. The van der Waals surface area contributed by atoms with Gasteiger partial charge in [0, 0.05) is 10.7 Å². The van der Waals surface area contributed by atoms with Gasteiger partial charge in [-0.2, -0.15) is 0 Å². The average Bonchev–Trinajstić information content (AvgIpc) is 2.49. The lowest BCUT2D eigenvalue weighted by Crippen LogP contribution is -2.33. The molecule has 0 aliphatic rings. The molecule has 0 aliphatic carbocycles. The number of carboxylic acids is 1. The monoisotopic (exact) mass is 397 g/mol. The van der Waals surface area contributed by atoms with Crippen LogP contribution in [0.1, 0.15) is 18.0 Å². The van der Waals surface area contributed by atoms with Crippen LogP contribution in [0.3, 0.4) is 0 Å². The number of pyridine rings is 1. The molecule has 0 aliphatic heterocycles. The van der Waals surface area contributed by atoms with Crippen molar-refractivity contribution in [3.05, 3.63) is 58.4 Å². The highest BCUT2D eigenvalue weighted by molar-refractivity contribution is 9.10. The first-order chi connectivity index (χ1) is 10.9. The number of aromatic nitrogens is 1. The molecule has 8 heteroatoms. The summed E-state index contributed by atoms with van der Waals surface area (Å²) in [5.41, 5.74) is 0.627. The van der Waals surface area contributed by atoms with Gasteiger partial charge in [0.1, 0.15) is 11.6 Å². The fourth-order valence-corrected chi connectivity index (χ4v) is 2.36. The molecule has 1 heterocycles. The van der Waals surface area contributed by atoms with Crippen LogP contribution in [0.15, 0.2) is 47.1 Å². The first kappa shape index (κ1) is 17.3. The zero-order valence-electron chi connectivity index (χ0n) is 11.8. The van der Waals surface area contributed by atoms with Crippen molar-refractivity contribution in [2.24, 2.45) is 0 Å². The molecule has 23 heavy (non-hydrogen) atoms. The van der Waals surface area contributed by atoms with Crippen LogP contribution in [-0.4, -0.2) is 21.2 Å². The molecule has 0 saturated heterocycles. The second kappa shape index (κ2) is 7.98. The van der Waals surface area contributed by atoms with Gasteiger partial charge in [-0.15, -0.1) is 0 Å². The summed E-state index contributed by atoms with van der Waals surface area (Å²) in [4.78, 5) is 15.2. The summed E-state index contributed by atoms with van der Waals surface area (Å²) < 4.78 is 13.8. The Hall–Kier alpha value is -2.06. The third-order valence-corrected chi connectivity index (χ3v) is 3.61. The fourth-order valence-electron chi connectivity index (χ4n) is 1.88. The SMILES string of the molecule is O=C(O)CC(NC(=S)Nc1ccc(Br)cn1)c1ccc(F)cc1. The van der Waals surface area contributed by atoms with Crippen molar-refractivity contribution in [3.8, 4) is 0 Å². The van der Waals surface area contributed by atoms with Gasteiger partial charge in [0.15, 0.2) is 5.11 Å². The Balaban J connectivity index is 2.07. The summed E-state index contributed by atoms with van der Waals surface area (Å²) in [6, 6.07) is 8.54. The molecule has 2 aromatic rings. The predicted octanol–water partition coefficient (Wildman–Crippen LogP) is 3.49. The molecule has 5 nitrogen and oxygen atoms in total. The van der Waals surface area contributed by atoms with Gasteiger partial charge >= 0.3 is 5.97 Å². The Labute approximate surface area is 146 Å². The highest BCUT2D eigenvalue weighted by Gasteiger charge is 2.17. The number of rotatable bonds is 5.